The molecule has 0 aliphatic carbocycles. The molecular formula is C19H20Cl2N2O3. The van der Waals surface area contributed by atoms with Crippen LogP contribution in [0, 0.1) is 0 Å². The van der Waals surface area contributed by atoms with E-state index in [0.717, 1.165) is 12.0 Å². The molecule has 1 N–H and O–H groups in total. The molecule has 1 aliphatic rings. The first-order chi connectivity index (χ1) is 12.5. The molecular weight excluding hydrogens is 375 g/mol. The fourth-order valence-electron chi connectivity index (χ4n) is 2.69. The summed E-state index contributed by atoms with van der Waals surface area (Å²) in [6, 6.07) is 10.9. The monoisotopic (exact) mass is 394 g/mol. The van der Waals surface area contributed by atoms with Gasteiger partial charge < -0.3 is 14.8 Å². The zero-order valence-electron chi connectivity index (χ0n) is 14.4. The fraction of sp³-hybridized carbons (Fsp3) is 0.316. The molecule has 138 valence electrons. The lowest BCUT2D eigenvalue weighted by Gasteiger charge is -2.17. The van der Waals surface area contributed by atoms with E-state index < -0.39 is 0 Å². The third kappa shape index (κ3) is 5.04. The molecule has 3 rings (SSSR count). The van der Waals surface area contributed by atoms with Crippen molar-refractivity contribution in [3.8, 4) is 11.5 Å². The maximum atomic E-state index is 12.3. The van der Waals surface area contributed by atoms with Crippen LogP contribution in [0.5, 0.6) is 11.5 Å². The van der Waals surface area contributed by atoms with Crippen molar-refractivity contribution in [2.75, 3.05) is 32.1 Å². The molecule has 1 amide bonds. The Hall–Kier alpha value is -1.95. The Morgan fingerprint density at radius 3 is 2.62 bits per heavy atom. The van der Waals surface area contributed by atoms with Crippen LogP contribution in [0.2, 0.25) is 10.0 Å². The Balaban J connectivity index is 1.56. The molecule has 2 aromatic rings. The molecule has 26 heavy (non-hydrogen) atoms. The van der Waals surface area contributed by atoms with Gasteiger partial charge in [-0.05, 0) is 36.9 Å². The van der Waals surface area contributed by atoms with Crippen LogP contribution in [0.15, 0.2) is 36.4 Å². The van der Waals surface area contributed by atoms with Gasteiger partial charge in [0.25, 0.3) is 0 Å². The first-order valence-corrected chi connectivity index (χ1v) is 9.09. The quantitative estimate of drug-likeness (QED) is 0.824. The van der Waals surface area contributed by atoms with Gasteiger partial charge in [-0.3, -0.25) is 9.69 Å². The van der Waals surface area contributed by atoms with Crippen LogP contribution in [-0.2, 0) is 11.3 Å². The number of ether oxygens (including phenoxy) is 2. The molecule has 0 fully saturated rings. The maximum absolute atomic E-state index is 12.3. The number of hydrogen-bond acceptors (Lipinski definition) is 4. The van der Waals surface area contributed by atoms with E-state index in [0.29, 0.717) is 47.0 Å². The van der Waals surface area contributed by atoms with Crippen molar-refractivity contribution in [2.24, 2.45) is 0 Å². The van der Waals surface area contributed by atoms with Crippen molar-refractivity contribution < 1.29 is 14.3 Å². The number of carbonyl (C=O) groups is 1. The Labute approximate surface area is 162 Å². The summed E-state index contributed by atoms with van der Waals surface area (Å²) in [5.74, 6) is 1.25. The number of nitrogens with one attached hydrogen (secondary N) is 1. The summed E-state index contributed by atoms with van der Waals surface area (Å²) in [7, 11) is 1.87. The summed E-state index contributed by atoms with van der Waals surface area (Å²) in [5, 5.41) is 3.91. The average molecular weight is 395 g/mol. The fourth-order valence-corrected chi connectivity index (χ4v) is 3.01. The minimum absolute atomic E-state index is 0.109. The van der Waals surface area contributed by atoms with Crippen LogP contribution in [0.3, 0.4) is 0 Å². The van der Waals surface area contributed by atoms with Gasteiger partial charge in [-0.25, -0.2) is 0 Å². The third-order valence-corrected chi connectivity index (χ3v) is 4.62. The molecule has 5 nitrogen and oxygen atoms in total. The smallest absolute Gasteiger partial charge is 0.238 e. The van der Waals surface area contributed by atoms with Crippen LogP contribution in [0.25, 0.3) is 0 Å². The van der Waals surface area contributed by atoms with Crippen LogP contribution in [0.4, 0.5) is 5.69 Å². The summed E-state index contributed by atoms with van der Waals surface area (Å²) in [5.41, 5.74) is 1.67. The van der Waals surface area contributed by atoms with Gasteiger partial charge in [0.15, 0.2) is 11.5 Å². The molecule has 0 bridgehead atoms. The third-order valence-electron chi connectivity index (χ3n) is 3.88. The number of hydrogen-bond donors (Lipinski definition) is 1. The predicted molar refractivity (Wildman–Crippen MR) is 103 cm³/mol. The average Bonchev–Trinajstić information content (AvgIpc) is 2.83. The standard InChI is InChI=1S/C19H20Cl2N2O3/c1-23(11-13-3-5-15(20)16(21)9-13)12-19(24)22-14-4-6-17-18(10-14)26-8-2-7-25-17/h3-6,9-10H,2,7-8,11-12H2,1H3,(H,22,24). The van der Waals surface area contributed by atoms with Crippen molar-refractivity contribution in [3.05, 3.63) is 52.0 Å². The zero-order valence-corrected chi connectivity index (χ0v) is 15.9. The van der Waals surface area contributed by atoms with E-state index in [1.807, 2.05) is 36.2 Å². The summed E-state index contributed by atoms with van der Waals surface area (Å²) >= 11 is 12.0. The molecule has 1 heterocycles. The van der Waals surface area contributed by atoms with Crippen LogP contribution < -0.4 is 14.8 Å². The zero-order chi connectivity index (χ0) is 18.5. The molecule has 0 spiro atoms. The van der Waals surface area contributed by atoms with Gasteiger partial charge in [-0.15, -0.1) is 0 Å². The number of halogens is 2. The highest BCUT2D eigenvalue weighted by molar-refractivity contribution is 6.42. The molecule has 0 aromatic heterocycles. The second kappa shape index (κ2) is 8.62. The molecule has 2 aromatic carbocycles. The summed E-state index contributed by atoms with van der Waals surface area (Å²) in [6.07, 6.45) is 0.843. The highest BCUT2D eigenvalue weighted by Crippen LogP contribution is 2.32. The molecule has 0 atom stereocenters. The van der Waals surface area contributed by atoms with Crippen molar-refractivity contribution in [1.82, 2.24) is 4.90 Å². The van der Waals surface area contributed by atoms with Crippen LogP contribution in [-0.4, -0.2) is 37.6 Å². The van der Waals surface area contributed by atoms with E-state index in [2.05, 4.69) is 5.32 Å². The topological polar surface area (TPSA) is 50.8 Å². The summed E-state index contributed by atoms with van der Waals surface area (Å²) in [6.45, 7) is 2.08. The Kier molecular flexibility index (Phi) is 6.25. The van der Waals surface area contributed by atoms with E-state index >= 15 is 0 Å². The van der Waals surface area contributed by atoms with Crippen molar-refractivity contribution in [3.63, 3.8) is 0 Å². The minimum atomic E-state index is -0.109. The number of fused-ring (bicyclic) bond motifs is 1. The maximum Gasteiger partial charge on any atom is 0.238 e. The molecule has 0 radical (unpaired) electrons. The lowest BCUT2D eigenvalue weighted by molar-refractivity contribution is -0.117. The first-order valence-electron chi connectivity index (χ1n) is 8.33. The summed E-state index contributed by atoms with van der Waals surface area (Å²) < 4.78 is 11.2. The lowest BCUT2D eigenvalue weighted by Crippen LogP contribution is -2.29. The van der Waals surface area contributed by atoms with Crippen LogP contribution >= 0.6 is 23.2 Å². The first kappa shape index (κ1) is 18.8. The Bertz CT molecular complexity index is 798. The number of amides is 1. The van der Waals surface area contributed by atoms with E-state index in [-0.39, 0.29) is 12.5 Å². The second-order valence-electron chi connectivity index (χ2n) is 6.18. The van der Waals surface area contributed by atoms with Gasteiger partial charge in [-0.1, -0.05) is 29.3 Å². The number of carbonyl (C=O) groups excluding carboxylic acids is 1. The number of rotatable bonds is 5. The Morgan fingerprint density at radius 1 is 1.08 bits per heavy atom. The van der Waals surface area contributed by atoms with Gasteiger partial charge in [0.05, 0.1) is 29.8 Å². The number of benzene rings is 2. The summed E-state index contributed by atoms with van der Waals surface area (Å²) in [4.78, 5) is 14.2. The van der Waals surface area contributed by atoms with Crippen LogP contribution in [0.1, 0.15) is 12.0 Å². The normalized spacial score (nSPS) is 13.4. The molecule has 0 saturated carbocycles. The lowest BCUT2D eigenvalue weighted by atomic mass is 10.2. The van der Waals surface area contributed by atoms with E-state index in [4.69, 9.17) is 32.7 Å². The van der Waals surface area contributed by atoms with Crippen molar-refractivity contribution >= 4 is 34.8 Å². The largest absolute Gasteiger partial charge is 0.490 e. The van der Waals surface area contributed by atoms with E-state index in [9.17, 15) is 4.79 Å². The highest BCUT2D eigenvalue weighted by atomic mass is 35.5. The van der Waals surface area contributed by atoms with Gasteiger partial charge in [0.2, 0.25) is 5.91 Å². The highest BCUT2D eigenvalue weighted by Gasteiger charge is 2.13. The number of nitrogens with zero attached hydrogens (tertiary/aromatic N) is 1. The minimum Gasteiger partial charge on any atom is -0.490 e. The predicted octanol–water partition coefficient (Wildman–Crippen LogP) is 4.23. The Morgan fingerprint density at radius 2 is 1.85 bits per heavy atom. The van der Waals surface area contributed by atoms with Gasteiger partial charge >= 0.3 is 0 Å². The number of anilines is 1. The van der Waals surface area contributed by atoms with Gasteiger partial charge in [0.1, 0.15) is 0 Å². The van der Waals surface area contributed by atoms with Gasteiger partial charge in [-0.2, -0.15) is 0 Å². The second-order valence-corrected chi connectivity index (χ2v) is 7.00. The van der Waals surface area contributed by atoms with Gasteiger partial charge in [0, 0.05) is 24.7 Å². The molecule has 0 saturated heterocycles. The molecule has 7 heteroatoms. The van der Waals surface area contributed by atoms with Crippen molar-refractivity contribution in [1.29, 1.82) is 0 Å². The van der Waals surface area contributed by atoms with E-state index in [1.165, 1.54) is 0 Å². The molecule has 1 aliphatic heterocycles. The molecule has 0 unspecified atom stereocenters. The van der Waals surface area contributed by atoms with Crippen molar-refractivity contribution in [2.45, 2.75) is 13.0 Å². The number of likely N-dealkylation sites (N-methyl/N-ethyl adjacent to an activating group) is 1. The SMILES string of the molecule is CN(CC(=O)Nc1ccc2c(c1)OCCCO2)Cc1ccc(Cl)c(Cl)c1. The van der Waals surface area contributed by atoms with E-state index in [1.54, 1.807) is 12.1 Å².